The van der Waals surface area contributed by atoms with Crippen LogP contribution < -0.4 is 10.1 Å². The summed E-state index contributed by atoms with van der Waals surface area (Å²) in [5.41, 5.74) is 18.3. The molecule has 2 N–H and O–H groups in total. The molecule has 1 heterocycles. The highest BCUT2D eigenvalue weighted by molar-refractivity contribution is 6.01. The molecular formula is C30H29F3N8O4. The van der Waals surface area contributed by atoms with E-state index < -0.39 is 30.3 Å². The van der Waals surface area contributed by atoms with Crippen LogP contribution in [0.1, 0.15) is 40.3 Å². The molecule has 0 saturated carbocycles. The maximum absolute atomic E-state index is 14.0. The summed E-state index contributed by atoms with van der Waals surface area (Å²) in [5.74, 6) is -0.542. The Bertz CT molecular complexity index is 1620. The number of carbonyl (C=O) groups is 1. The summed E-state index contributed by atoms with van der Waals surface area (Å²) in [6.45, 7) is -1.54. The van der Waals surface area contributed by atoms with Crippen LogP contribution in [0.25, 0.3) is 20.9 Å². The fourth-order valence-electron chi connectivity index (χ4n) is 4.92. The lowest BCUT2D eigenvalue weighted by Crippen LogP contribution is -2.52. The van der Waals surface area contributed by atoms with Gasteiger partial charge in [-0.2, -0.15) is 13.2 Å². The molecule has 0 aliphatic carbocycles. The number of nitrogens with zero attached hydrogens (tertiary/aromatic N) is 7. The van der Waals surface area contributed by atoms with E-state index in [1.54, 1.807) is 72.8 Å². The largest absolute Gasteiger partial charge is 0.494 e. The van der Waals surface area contributed by atoms with Crippen molar-refractivity contribution in [1.82, 2.24) is 5.32 Å². The average Bonchev–Trinajstić information content (AvgIpc) is 3.42. The van der Waals surface area contributed by atoms with Crippen LogP contribution in [-0.4, -0.2) is 48.4 Å². The average molecular weight is 623 g/mol. The number of aliphatic hydroxyl groups is 1. The van der Waals surface area contributed by atoms with E-state index in [-0.39, 0.29) is 38.6 Å². The van der Waals surface area contributed by atoms with Crippen molar-refractivity contribution in [1.29, 1.82) is 0 Å². The molecule has 234 valence electrons. The van der Waals surface area contributed by atoms with E-state index in [0.717, 1.165) is 0 Å². The van der Waals surface area contributed by atoms with E-state index in [2.05, 4.69) is 20.1 Å². The van der Waals surface area contributed by atoms with Gasteiger partial charge in [0.2, 0.25) is 5.90 Å². The summed E-state index contributed by atoms with van der Waals surface area (Å²) in [6.07, 6.45) is -5.74. The number of ether oxygens (including phenoxy) is 2. The van der Waals surface area contributed by atoms with Crippen molar-refractivity contribution < 1.29 is 32.5 Å². The lowest BCUT2D eigenvalue weighted by molar-refractivity contribution is -0.143. The number of aliphatic imine (C=N–C) groups is 1. The van der Waals surface area contributed by atoms with Gasteiger partial charge in [-0.3, -0.25) is 4.79 Å². The SMILES string of the molecule is [N-]=[N+]=NCc1ccccc1C[C@@]1(C(=O)NCC(F)(F)F)N=C(c2ccc(OCCCO)cc2)O[C@@H]1c1ccccc1CN=[N+]=[N-]. The number of hydrogen-bond donors (Lipinski definition) is 2. The van der Waals surface area contributed by atoms with Crippen LogP contribution in [-0.2, 0) is 29.0 Å². The fraction of sp³-hybridized carbons (Fsp3) is 0.333. The van der Waals surface area contributed by atoms with Gasteiger partial charge in [0, 0.05) is 34.8 Å². The Morgan fingerprint density at radius 3 is 2.24 bits per heavy atom. The van der Waals surface area contributed by atoms with Crippen molar-refractivity contribution >= 4 is 11.8 Å². The topological polar surface area (TPSA) is 178 Å². The Balaban J connectivity index is 1.88. The van der Waals surface area contributed by atoms with E-state index in [1.807, 2.05) is 5.32 Å². The van der Waals surface area contributed by atoms with Gasteiger partial charge < -0.3 is 19.9 Å². The molecule has 4 rings (SSSR count). The number of hydrogen-bond acceptors (Lipinski definition) is 7. The second-order valence-electron chi connectivity index (χ2n) is 10.0. The first-order chi connectivity index (χ1) is 21.7. The predicted octanol–water partition coefficient (Wildman–Crippen LogP) is 6.25. The maximum Gasteiger partial charge on any atom is 0.405 e. The number of alkyl halides is 3. The summed E-state index contributed by atoms with van der Waals surface area (Å²) in [5, 5.41) is 18.3. The van der Waals surface area contributed by atoms with Gasteiger partial charge in [0.1, 0.15) is 12.3 Å². The van der Waals surface area contributed by atoms with E-state index in [9.17, 15) is 18.0 Å². The van der Waals surface area contributed by atoms with Crippen molar-refractivity contribution in [3.8, 4) is 5.75 Å². The Morgan fingerprint density at radius 2 is 1.60 bits per heavy atom. The number of benzene rings is 3. The van der Waals surface area contributed by atoms with E-state index >= 15 is 0 Å². The molecule has 3 aromatic rings. The fourth-order valence-corrected chi connectivity index (χ4v) is 4.92. The first kappa shape index (κ1) is 32.7. The highest BCUT2D eigenvalue weighted by Crippen LogP contribution is 2.44. The van der Waals surface area contributed by atoms with Gasteiger partial charge in [-0.1, -0.05) is 58.8 Å². The van der Waals surface area contributed by atoms with Crippen molar-refractivity contribution in [2.75, 3.05) is 19.8 Å². The van der Waals surface area contributed by atoms with Gasteiger partial charge in [0.25, 0.3) is 5.91 Å². The Morgan fingerprint density at radius 1 is 0.978 bits per heavy atom. The molecule has 0 aromatic heterocycles. The number of azide groups is 2. The molecule has 0 fully saturated rings. The van der Waals surface area contributed by atoms with Gasteiger partial charge >= 0.3 is 6.18 Å². The normalized spacial score (nSPS) is 17.3. The van der Waals surface area contributed by atoms with Gasteiger partial charge in [0.15, 0.2) is 11.6 Å². The third-order valence-electron chi connectivity index (χ3n) is 7.00. The Labute approximate surface area is 255 Å². The molecule has 0 bridgehead atoms. The number of amides is 1. The number of rotatable bonds is 14. The third-order valence-corrected chi connectivity index (χ3v) is 7.00. The molecule has 3 aromatic carbocycles. The highest BCUT2D eigenvalue weighted by Gasteiger charge is 2.54. The zero-order chi connectivity index (χ0) is 32.3. The molecule has 1 aliphatic heterocycles. The number of aliphatic hydroxyl groups excluding tert-OH is 1. The molecule has 1 amide bonds. The highest BCUT2D eigenvalue weighted by atomic mass is 19.4. The Hall–Kier alpha value is -5.23. The van der Waals surface area contributed by atoms with Gasteiger partial charge in [-0.15, -0.1) is 0 Å². The van der Waals surface area contributed by atoms with Crippen LogP contribution in [0.15, 0.2) is 88.0 Å². The second-order valence-corrected chi connectivity index (χ2v) is 10.0. The first-order valence-corrected chi connectivity index (χ1v) is 13.8. The van der Waals surface area contributed by atoms with Crippen LogP contribution in [0, 0.1) is 0 Å². The molecule has 1 aliphatic rings. The van der Waals surface area contributed by atoms with Crippen molar-refractivity contribution in [2.24, 2.45) is 15.2 Å². The van der Waals surface area contributed by atoms with E-state index in [0.29, 0.717) is 40.0 Å². The standard InChI is InChI=1S/C30H29F3N8O4/c31-30(32,33)19-36-28(43)29(16-21-6-1-2-7-22(21)17-37-40-34)26(25-9-4-3-8-23(25)18-38-41-35)45-27(39-29)20-10-12-24(13-11-20)44-15-5-14-42/h1-4,6-13,26,42H,5,14-19H2,(H,36,43)/t26-,29-/m1/s1. The van der Waals surface area contributed by atoms with E-state index in [4.69, 9.17) is 30.6 Å². The number of nitrogens with one attached hydrogen (secondary N) is 1. The molecule has 0 spiro atoms. The summed E-state index contributed by atoms with van der Waals surface area (Å²) >= 11 is 0. The predicted molar refractivity (Wildman–Crippen MR) is 158 cm³/mol. The third kappa shape index (κ3) is 8.24. The molecule has 0 unspecified atom stereocenters. The Kier molecular flexibility index (Phi) is 10.9. The van der Waals surface area contributed by atoms with Crippen LogP contribution >= 0.6 is 0 Å². The first-order valence-electron chi connectivity index (χ1n) is 13.8. The molecule has 12 nitrogen and oxygen atoms in total. The van der Waals surface area contributed by atoms with Crippen LogP contribution in [0.5, 0.6) is 5.75 Å². The quantitative estimate of drug-likeness (QED) is 0.0935. The molecule has 45 heavy (non-hydrogen) atoms. The minimum absolute atomic E-state index is 0.00446. The summed E-state index contributed by atoms with van der Waals surface area (Å²) in [7, 11) is 0. The minimum atomic E-state index is -4.71. The van der Waals surface area contributed by atoms with E-state index in [1.165, 1.54) is 0 Å². The minimum Gasteiger partial charge on any atom is -0.494 e. The molecule has 0 radical (unpaired) electrons. The molecule has 15 heteroatoms. The van der Waals surface area contributed by atoms with Crippen molar-refractivity contribution in [2.45, 2.75) is 43.8 Å². The molecular weight excluding hydrogens is 593 g/mol. The van der Waals surface area contributed by atoms with Crippen LogP contribution in [0.2, 0.25) is 0 Å². The van der Waals surface area contributed by atoms with Crippen LogP contribution in [0.3, 0.4) is 0 Å². The molecule has 0 saturated heterocycles. The summed E-state index contributed by atoms with van der Waals surface area (Å²) in [6, 6.07) is 20.0. The lowest BCUT2D eigenvalue weighted by Gasteiger charge is -2.32. The van der Waals surface area contributed by atoms with Crippen molar-refractivity contribution in [3.63, 3.8) is 0 Å². The maximum atomic E-state index is 14.0. The second kappa shape index (κ2) is 15.0. The summed E-state index contributed by atoms with van der Waals surface area (Å²) < 4.78 is 52.1. The molecule has 2 atom stereocenters. The monoisotopic (exact) mass is 622 g/mol. The number of halogens is 3. The smallest absolute Gasteiger partial charge is 0.405 e. The van der Waals surface area contributed by atoms with Gasteiger partial charge in [-0.05, 0) is 57.6 Å². The lowest BCUT2D eigenvalue weighted by atomic mass is 9.79. The zero-order valence-corrected chi connectivity index (χ0v) is 23.9. The zero-order valence-electron chi connectivity index (χ0n) is 23.9. The number of carbonyl (C=O) groups excluding carboxylic acids is 1. The van der Waals surface area contributed by atoms with Crippen LogP contribution in [0.4, 0.5) is 13.2 Å². The van der Waals surface area contributed by atoms with Crippen molar-refractivity contribution in [3.05, 3.63) is 121 Å². The van der Waals surface area contributed by atoms with Gasteiger partial charge in [-0.25, -0.2) is 4.99 Å². The van der Waals surface area contributed by atoms with Gasteiger partial charge in [0.05, 0.1) is 19.7 Å². The summed E-state index contributed by atoms with van der Waals surface area (Å²) in [4.78, 5) is 24.4.